The van der Waals surface area contributed by atoms with Crippen LogP contribution in [-0.2, 0) is 0 Å². The van der Waals surface area contributed by atoms with Crippen molar-refractivity contribution in [2.75, 3.05) is 20.6 Å². The van der Waals surface area contributed by atoms with Gasteiger partial charge in [-0.3, -0.25) is 0 Å². The first-order valence-electron chi connectivity index (χ1n) is 9.25. The summed E-state index contributed by atoms with van der Waals surface area (Å²) >= 11 is 0. The molecular weight excluding hydrogens is 322 g/mol. The van der Waals surface area contributed by atoms with Crippen LogP contribution in [0.25, 0.3) is 6.08 Å². The molecule has 1 fully saturated rings. The molecule has 0 amide bonds. The molecule has 2 aromatic carbocycles. The quantitative estimate of drug-likeness (QED) is 0.833. The van der Waals surface area contributed by atoms with Crippen molar-refractivity contribution in [1.82, 2.24) is 4.90 Å². The lowest BCUT2D eigenvalue weighted by atomic mass is 9.73. The second kappa shape index (κ2) is 8.33. The van der Waals surface area contributed by atoms with Crippen LogP contribution in [-0.4, -0.2) is 36.6 Å². The Balaban J connectivity index is 1.85. The lowest BCUT2D eigenvalue weighted by molar-refractivity contribution is 0.0697. The van der Waals surface area contributed by atoms with E-state index in [0.717, 1.165) is 24.9 Å². The van der Waals surface area contributed by atoms with Crippen molar-refractivity contribution in [3.63, 3.8) is 0 Å². The molecule has 2 aromatic rings. The van der Waals surface area contributed by atoms with Crippen molar-refractivity contribution in [1.29, 1.82) is 0 Å². The van der Waals surface area contributed by atoms with Crippen molar-refractivity contribution >= 4 is 12.0 Å². The Morgan fingerprint density at radius 2 is 1.92 bits per heavy atom. The van der Waals surface area contributed by atoms with Crippen LogP contribution < -0.4 is 0 Å². The fourth-order valence-electron chi connectivity index (χ4n) is 4.03. The summed E-state index contributed by atoms with van der Waals surface area (Å²) in [6, 6.07) is 18.0. The Bertz CT molecular complexity index is 780. The van der Waals surface area contributed by atoms with Crippen LogP contribution in [0.15, 0.2) is 60.2 Å². The highest BCUT2D eigenvalue weighted by Gasteiger charge is 2.29. The number of carboxylic acid groups (broad SMARTS) is 1. The van der Waals surface area contributed by atoms with Gasteiger partial charge in [0.15, 0.2) is 0 Å². The zero-order valence-electron chi connectivity index (χ0n) is 15.6. The van der Waals surface area contributed by atoms with Crippen molar-refractivity contribution in [2.24, 2.45) is 5.92 Å². The van der Waals surface area contributed by atoms with Gasteiger partial charge in [0, 0.05) is 6.54 Å². The number of nitrogens with zero attached hydrogens (tertiary/aromatic N) is 1. The normalized spacial score (nSPS) is 21.9. The van der Waals surface area contributed by atoms with E-state index in [1.807, 2.05) is 12.1 Å². The Labute approximate surface area is 156 Å². The molecule has 0 spiro atoms. The van der Waals surface area contributed by atoms with E-state index in [4.69, 9.17) is 0 Å². The molecule has 136 valence electrons. The average molecular weight is 349 g/mol. The molecular formula is C23H27NO2. The van der Waals surface area contributed by atoms with Gasteiger partial charge < -0.3 is 10.0 Å². The molecule has 1 aliphatic rings. The summed E-state index contributed by atoms with van der Waals surface area (Å²) in [6.07, 6.45) is 5.48. The Morgan fingerprint density at radius 3 is 2.62 bits per heavy atom. The Kier molecular flexibility index (Phi) is 5.89. The van der Waals surface area contributed by atoms with Gasteiger partial charge in [0.1, 0.15) is 0 Å². The third kappa shape index (κ3) is 4.61. The molecule has 2 atom stereocenters. The van der Waals surface area contributed by atoms with Crippen molar-refractivity contribution in [3.8, 4) is 0 Å². The van der Waals surface area contributed by atoms with Gasteiger partial charge in [-0.15, -0.1) is 0 Å². The number of allylic oxidation sites excluding steroid dienone is 1. The van der Waals surface area contributed by atoms with E-state index in [1.165, 1.54) is 17.6 Å². The van der Waals surface area contributed by atoms with Gasteiger partial charge in [-0.25, -0.2) is 4.79 Å². The van der Waals surface area contributed by atoms with Crippen molar-refractivity contribution in [3.05, 3.63) is 76.9 Å². The number of hydrogen-bond donors (Lipinski definition) is 1. The lowest BCUT2D eigenvalue weighted by Gasteiger charge is -2.35. The van der Waals surface area contributed by atoms with Crippen LogP contribution in [0.1, 0.15) is 46.7 Å². The van der Waals surface area contributed by atoms with E-state index in [-0.39, 0.29) is 0 Å². The summed E-state index contributed by atoms with van der Waals surface area (Å²) < 4.78 is 0. The molecule has 0 aliphatic heterocycles. The summed E-state index contributed by atoms with van der Waals surface area (Å²) in [5.41, 5.74) is 4.15. The van der Waals surface area contributed by atoms with Gasteiger partial charge >= 0.3 is 5.97 Å². The zero-order valence-corrected chi connectivity index (χ0v) is 15.6. The molecule has 0 heterocycles. The standard InChI is InChI=1S/C23H27NO2/c1-24(2)16-21-12-11-18(15-22(21)19-8-4-3-5-9-19)13-17-7-6-10-20(14-17)23(25)26/h3-10,13-14,21-22H,11-12,15-16H2,1-2H3,(H,25,26)/b18-13-. The molecule has 1 saturated carbocycles. The lowest BCUT2D eigenvalue weighted by Crippen LogP contribution is -2.29. The first kappa shape index (κ1) is 18.4. The number of hydrogen-bond acceptors (Lipinski definition) is 2. The van der Waals surface area contributed by atoms with E-state index in [1.54, 1.807) is 12.1 Å². The first-order valence-corrected chi connectivity index (χ1v) is 9.25. The first-order chi connectivity index (χ1) is 12.5. The third-order valence-corrected chi connectivity index (χ3v) is 5.22. The molecule has 1 N–H and O–H groups in total. The summed E-state index contributed by atoms with van der Waals surface area (Å²) in [4.78, 5) is 13.5. The molecule has 3 rings (SSSR count). The van der Waals surface area contributed by atoms with Gasteiger partial charge in [0.25, 0.3) is 0 Å². The van der Waals surface area contributed by atoms with Gasteiger partial charge in [0.2, 0.25) is 0 Å². The Hall–Kier alpha value is -2.39. The third-order valence-electron chi connectivity index (χ3n) is 5.22. The van der Waals surface area contributed by atoms with Crippen LogP contribution in [0.4, 0.5) is 0 Å². The maximum atomic E-state index is 11.2. The van der Waals surface area contributed by atoms with E-state index >= 15 is 0 Å². The molecule has 0 saturated heterocycles. The highest BCUT2D eigenvalue weighted by Crippen LogP contribution is 2.41. The smallest absolute Gasteiger partial charge is 0.335 e. The van der Waals surface area contributed by atoms with Crippen molar-refractivity contribution in [2.45, 2.75) is 25.2 Å². The fourth-order valence-corrected chi connectivity index (χ4v) is 4.03. The van der Waals surface area contributed by atoms with E-state index < -0.39 is 5.97 Å². The molecule has 3 nitrogen and oxygen atoms in total. The van der Waals surface area contributed by atoms with Gasteiger partial charge in [-0.2, -0.15) is 0 Å². The van der Waals surface area contributed by atoms with Gasteiger partial charge in [-0.05, 0) is 68.5 Å². The van der Waals surface area contributed by atoms with Crippen LogP contribution in [0.3, 0.4) is 0 Å². The zero-order chi connectivity index (χ0) is 18.5. The number of carbonyl (C=O) groups is 1. The predicted molar refractivity (Wildman–Crippen MR) is 106 cm³/mol. The minimum absolute atomic E-state index is 0.347. The monoisotopic (exact) mass is 349 g/mol. The van der Waals surface area contributed by atoms with Crippen LogP contribution in [0.2, 0.25) is 0 Å². The second-order valence-corrected chi connectivity index (χ2v) is 7.52. The van der Waals surface area contributed by atoms with E-state index in [2.05, 4.69) is 55.4 Å². The molecule has 0 aromatic heterocycles. The molecule has 1 aliphatic carbocycles. The fraction of sp³-hybridized carbons (Fsp3) is 0.348. The molecule has 0 radical (unpaired) electrons. The van der Waals surface area contributed by atoms with E-state index in [0.29, 0.717) is 17.4 Å². The summed E-state index contributed by atoms with van der Waals surface area (Å²) in [6.45, 7) is 1.10. The minimum atomic E-state index is -0.873. The molecule has 0 bridgehead atoms. The number of benzene rings is 2. The SMILES string of the molecule is CN(C)CC1CC/C(=C/c2cccc(C(=O)O)c2)CC1c1ccccc1. The number of aromatic carboxylic acids is 1. The molecule has 26 heavy (non-hydrogen) atoms. The van der Waals surface area contributed by atoms with Crippen LogP contribution >= 0.6 is 0 Å². The van der Waals surface area contributed by atoms with Crippen molar-refractivity contribution < 1.29 is 9.90 Å². The average Bonchev–Trinajstić information content (AvgIpc) is 2.63. The van der Waals surface area contributed by atoms with Crippen LogP contribution in [0.5, 0.6) is 0 Å². The van der Waals surface area contributed by atoms with Gasteiger partial charge in [-0.1, -0.05) is 54.1 Å². The summed E-state index contributed by atoms with van der Waals surface area (Å²) in [5.74, 6) is 0.290. The van der Waals surface area contributed by atoms with Gasteiger partial charge in [0.05, 0.1) is 5.56 Å². The summed E-state index contributed by atoms with van der Waals surface area (Å²) in [5, 5.41) is 9.20. The molecule has 2 unspecified atom stereocenters. The topological polar surface area (TPSA) is 40.5 Å². The second-order valence-electron chi connectivity index (χ2n) is 7.52. The molecule has 3 heteroatoms. The maximum absolute atomic E-state index is 11.2. The largest absolute Gasteiger partial charge is 0.478 e. The minimum Gasteiger partial charge on any atom is -0.478 e. The number of rotatable bonds is 5. The maximum Gasteiger partial charge on any atom is 0.335 e. The Morgan fingerprint density at radius 1 is 1.15 bits per heavy atom. The number of carboxylic acids is 1. The highest BCUT2D eigenvalue weighted by atomic mass is 16.4. The summed E-state index contributed by atoms with van der Waals surface area (Å²) in [7, 11) is 4.29. The highest BCUT2D eigenvalue weighted by molar-refractivity contribution is 5.88. The predicted octanol–water partition coefficient (Wildman–Crippen LogP) is 4.91. The van der Waals surface area contributed by atoms with E-state index in [9.17, 15) is 9.90 Å². The van der Waals surface area contributed by atoms with Crippen LogP contribution in [0, 0.1) is 5.92 Å².